The molecule has 7 nitrogen and oxygen atoms in total. The second-order valence-corrected chi connectivity index (χ2v) is 6.83. The van der Waals surface area contributed by atoms with Crippen LogP contribution in [0.2, 0.25) is 0 Å². The van der Waals surface area contributed by atoms with Gasteiger partial charge in [-0.05, 0) is 31.5 Å². The van der Waals surface area contributed by atoms with Crippen LogP contribution >= 0.6 is 23.1 Å². The van der Waals surface area contributed by atoms with Crippen LogP contribution in [0.1, 0.15) is 23.0 Å². The molecule has 0 saturated heterocycles. The Morgan fingerprint density at radius 2 is 2.20 bits per heavy atom. The summed E-state index contributed by atoms with van der Waals surface area (Å²) >= 11 is 2.36. The predicted octanol–water partition coefficient (Wildman–Crippen LogP) is 3.50. The van der Waals surface area contributed by atoms with Crippen molar-refractivity contribution < 1.29 is 18.7 Å². The van der Waals surface area contributed by atoms with Gasteiger partial charge in [-0.1, -0.05) is 17.8 Å². The topological polar surface area (TPSA) is 94.3 Å². The normalized spacial score (nSPS) is 10.8. The highest BCUT2D eigenvalue weighted by Gasteiger charge is 2.14. The smallest absolute Gasteiger partial charge is 0.357 e. The fraction of sp³-hybridized carbons (Fsp3) is 0.250. The van der Waals surface area contributed by atoms with E-state index >= 15 is 0 Å². The van der Waals surface area contributed by atoms with Crippen molar-refractivity contribution in [3.63, 3.8) is 0 Å². The molecule has 1 amide bonds. The van der Waals surface area contributed by atoms with E-state index in [9.17, 15) is 9.59 Å². The molecular formula is C16H15N3O4S2. The molecule has 0 radical (unpaired) electrons. The Hall–Kier alpha value is -2.39. The average Bonchev–Trinajstić information content (AvgIpc) is 3.19. The van der Waals surface area contributed by atoms with E-state index in [0.717, 1.165) is 11.1 Å². The molecule has 2 heterocycles. The Kier molecular flexibility index (Phi) is 5.34. The van der Waals surface area contributed by atoms with Gasteiger partial charge in [-0.3, -0.25) is 4.79 Å². The van der Waals surface area contributed by atoms with Gasteiger partial charge in [-0.25, -0.2) is 14.8 Å². The first-order valence-corrected chi connectivity index (χ1v) is 9.34. The summed E-state index contributed by atoms with van der Waals surface area (Å²) in [4.78, 5) is 31.9. The van der Waals surface area contributed by atoms with Gasteiger partial charge in [0, 0.05) is 5.38 Å². The number of benzene rings is 1. The van der Waals surface area contributed by atoms with Crippen LogP contribution in [-0.4, -0.2) is 34.2 Å². The molecule has 25 heavy (non-hydrogen) atoms. The maximum atomic E-state index is 12.0. The zero-order chi connectivity index (χ0) is 17.8. The second-order valence-electron chi connectivity index (χ2n) is 5.05. The van der Waals surface area contributed by atoms with Crippen molar-refractivity contribution in [2.24, 2.45) is 0 Å². The van der Waals surface area contributed by atoms with Crippen LogP contribution in [0.3, 0.4) is 0 Å². The van der Waals surface area contributed by atoms with Crippen molar-refractivity contribution >= 4 is 51.2 Å². The summed E-state index contributed by atoms with van der Waals surface area (Å²) in [5, 5.41) is 4.97. The minimum Gasteiger partial charge on any atom is -0.461 e. The van der Waals surface area contributed by atoms with Gasteiger partial charge >= 0.3 is 5.97 Å². The Morgan fingerprint density at radius 1 is 1.36 bits per heavy atom. The summed E-state index contributed by atoms with van der Waals surface area (Å²) in [6, 6.07) is 5.72. The number of oxazole rings is 1. The van der Waals surface area contributed by atoms with Gasteiger partial charge < -0.3 is 14.5 Å². The predicted molar refractivity (Wildman–Crippen MR) is 96.2 cm³/mol. The third kappa shape index (κ3) is 4.37. The Labute approximate surface area is 151 Å². The van der Waals surface area contributed by atoms with Crippen LogP contribution in [-0.2, 0) is 9.53 Å². The fourth-order valence-electron chi connectivity index (χ4n) is 1.99. The summed E-state index contributed by atoms with van der Waals surface area (Å²) < 4.78 is 10.4. The van der Waals surface area contributed by atoms with Gasteiger partial charge in [0.2, 0.25) is 5.91 Å². The van der Waals surface area contributed by atoms with Crippen molar-refractivity contribution in [1.82, 2.24) is 9.97 Å². The number of hydrogen-bond donors (Lipinski definition) is 1. The van der Waals surface area contributed by atoms with E-state index in [-0.39, 0.29) is 24.0 Å². The minimum absolute atomic E-state index is 0.125. The molecule has 0 saturated carbocycles. The van der Waals surface area contributed by atoms with E-state index in [1.165, 1.54) is 23.1 Å². The van der Waals surface area contributed by atoms with Crippen molar-refractivity contribution in [3.8, 4) is 0 Å². The van der Waals surface area contributed by atoms with E-state index in [4.69, 9.17) is 9.15 Å². The molecular weight excluding hydrogens is 362 g/mol. The fourth-order valence-corrected chi connectivity index (χ4v) is 3.32. The molecule has 130 valence electrons. The van der Waals surface area contributed by atoms with Crippen LogP contribution in [0, 0.1) is 6.92 Å². The van der Waals surface area contributed by atoms with Crippen molar-refractivity contribution in [2.45, 2.75) is 19.1 Å². The SMILES string of the molecule is CCOC(=O)c1csc(NC(=O)CSc2nc3cc(C)ccc3o2)n1. The molecule has 3 rings (SSSR count). The molecule has 0 aliphatic heterocycles. The number of amides is 1. The number of nitrogens with one attached hydrogen (secondary N) is 1. The third-order valence-corrected chi connectivity index (χ3v) is 4.67. The molecule has 0 fully saturated rings. The molecule has 0 bridgehead atoms. The first-order chi connectivity index (χ1) is 12.0. The van der Waals surface area contributed by atoms with Crippen LogP contribution in [0.15, 0.2) is 33.2 Å². The van der Waals surface area contributed by atoms with Crippen molar-refractivity contribution in [3.05, 3.63) is 34.8 Å². The van der Waals surface area contributed by atoms with E-state index < -0.39 is 5.97 Å². The summed E-state index contributed by atoms with van der Waals surface area (Å²) in [6.45, 7) is 3.98. The number of rotatable bonds is 6. The Balaban J connectivity index is 1.56. The zero-order valence-corrected chi connectivity index (χ0v) is 15.2. The number of fused-ring (bicyclic) bond motifs is 1. The molecule has 1 aromatic carbocycles. The summed E-state index contributed by atoms with van der Waals surface area (Å²) in [5.41, 5.74) is 2.73. The molecule has 1 N–H and O–H groups in total. The average molecular weight is 377 g/mol. The summed E-state index contributed by atoms with van der Waals surface area (Å²) in [5.74, 6) is -0.635. The summed E-state index contributed by atoms with van der Waals surface area (Å²) in [7, 11) is 0. The lowest BCUT2D eigenvalue weighted by Crippen LogP contribution is -2.14. The highest BCUT2D eigenvalue weighted by atomic mass is 32.2. The molecule has 9 heteroatoms. The van der Waals surface area contributed by atoms with Crippen LogP contribution in [0.25, 0.3) is 11.1 Å². The minimum atomic E-state index is -0.504. The van der Waals surface area contributed by atoms with E-state index in [1.807, 2.05) is 25.1 Å². The highest BCUT2D eigenvalue weighted by molar-refractivity contribution is 7.99. The number of esters is 1. The molecule has 0 aliphatic carbocycles. The second kappa shape index (κ2) is 7.66. The molecule has 0 atom stereocenters. The van der Waals surface area contributed by atoms with Crippen LogP contribution in [0.5, 0.6) is 0 Å². The van der Waals surface area contributed by atoms with Crippen molar-refractivity contribution in [1.29, 1.82) is 0 Å². The number of carbonyl (C=O) groups excluding carboxylic acids is 2. The number of thiazole rings is 1. The monoisotopic (exact) mass is 377 g/mol. The maximum Gasteiger partial charge on any atom is 0.357 e. The van der Waals surface area contributed by atoms with Gasteiger partial charge in [-0.2, -0.15) is 0 Å². The number of nitrogens with zero attached hydrogens (tertiary/aromatic N) is 2. The van der Waals surface area contributed by atoms with Gasteiger partial charge in [-0.15, -0.1) is 11.3 Å². The standard InChI is InChI=1S/C16H15N3O4S2/c1-3-22-14(21)11-7-24-15(17-11)19-13(20)8-25-16-18-10-6-9(2)4-5-12(10)23-16/h4-7H,3,8H2,1-2H3,(H,17,19,20). The summed E-state index contributed by atoms with van der Waals surface area (Å²) in [6.07, 6.45) is 0. The number of carbonyl (C=O) groups is 2. The third-order valence-electron chi connectivity index (χ3n) is 3.09. The Bertz CT molecular complexity index is 919. The molecule has 0 aliphatic rings. The first-order valence-electron chi connectivity index (χ1n) is 7.47. The molecule has 0 spiro atoms. The van der Waals surface area contributed by atoms with E-state index in [0.29, 0.717) is 15.9 Å². The number of aryl methyl sites for hydroxylation is 1. The number of aromatic nitrogens is 2. The quantitative estimate of drug-likeness (QED) is 0.519. The van der Waals surface area contributed by atoms with E-state index in [1.54, 1.807) is 12.3 Å². The molecule has 0 unspecified atom stereocenters. The molecule has 2 aromatic heterocycles. The number of anilines is 1. The molecule has 3 aromatic rings. The van der Waals surface area contributed by atoms with Crippen LogP contribution < -0.4 is 5.32 Å². The largest absolute Gasteiger partial charge is 0.461 e. The number of ether oxygens (including phenoxy) is 1. The van der Waals surface area contributed by atoms with Crippen molar-refractivity contribution in [2.75, 3.05) is 17.7 Å². The lowest BCUT2D eigenvalue weighted by atomic mass is 10.2. The zero-order valence-electron chi connectivity index (χ0n) is 13.6. The van der Waals surface area contributed by atoms with Gasteiger partial charge in [0.15, 0.2) is 16.4 Å². The Morgan fingerprint density at radius 3 is 3.00 bits per heavy atom. The van der Waals surface area contributed by atoms with Gasteiger partial charge in [0.1, 0.15) is 5.52 Å². The highest BCUT2D eigenvalue weighted by Crippen LogP contribution is 2.24. The number of hydrogen-bond acceptors (Lipinski definition) is 8. The van der Waals surface area contributed by atoms with Gasteiger partial charge in [0.05, 0.1) is 12.4 Å². The van der Waals surface area contributed by atoms with Gasteiger partial charge in [0.25, 0.3) is 5.22 Å². The maximum absolute atomic E-state index is 12.0. The lowest BCUT2D eigenvalue weighted by Gasteiger charge is -1.99. The first kappa shape index (κ1) is 17.4. The lowest BCUT2D eigenvalue weighted by molar-refractivity contribution is -0.113. The number of thioether (sulfide) groups is 1. The van der Waals surface area contributed by atoms with E-state index in [2.05, 4.69) is 15.3 Å². The van der Waals surface area contributed by atoms with Crippen LogP contribution in [0.4, 0.5) is 5.13 Å².